The number of aryl methyl sites for hydroxylation is 1. The van der Waals surface area contributed by atoms with Gasteiger partial charge in [0.1, 0.15) is 5.75 Å². The second kappa shape index (κ2) is 11.2. The van der Waals surface area contributed by atoms with Crippen LogP contribution in [0.2, 0.25) is 0 Å². The zero-order valence-electron chi connectivity index (χ0n) is 17.0. The summed E-state index contributed by atoms with van der Waals surface area (Å²) in [7, 11) is 0. The zero-order valence-corrected chi connectivity index (χ0v) is 17.8. The average molecular weight is 414 g/mol. The topological polar surface area (TPSA) is 79.5 Å². The van der Waals surface area contributed by atoms with Crippen molar-refractivity contribution in [1.29, 1.82) is 0 Å². The van der Waals surface area contributed by atoms with Gasteiger partial charge in [0.05, 0.1) is 6.61 Å². The number of nitrogens with one attached hydrogen (secondary N) is 3. The van der Waals surface area contributed by atoms with Gasteiger partial charge in [-0.25, -0.2) is 0 Å². The van der Waals surface area contributed by atoms with E-state index in [1.807, 2.05) is 25.1 Å². The number of carbonyl (C=O) groups excluding carboxylic acids is 2. The number of anilines is 2. The summed E-state index contributed by atoms with van der Waals surface area (Å²) in [6, 6.07) is 12.5. The molecule has 2 aromatic carbocycles. The smallest absolute Gasteiger partial charge is 0.257 e. The van der Waals surface area contributed by atoms with Crippen molar-refractivity contribution in [3.8, 4) is 5.75 Å². The first-order valence-electron chi connectivity index (χ1n) is 9.68. The molecule has 0 saturated carbocycles. The van der Waals surface area contributed by atoms with Crippen LogP contribution in [-0.4, -0.2) is 23.5 Å². The number of hydrogen-bond donors (Lipinski definition) is 3. The summed E-state index contributed by atoms with van der Waals surface area (Å²) in [6.45, 7) is 6.41. The fraction of sp³-hybridized carbons (Fsp3) is 0.318. The minimum absolute atomic E-state index is 0.0674. The minimum Gasteiger partial charge on any atom is -0.494 e. The van der Waals surface area contributed by atoms with Crippen molar-refractivity contribution in [2.75, 3.05) is 17.2 Å². The molecule has 0 spiro atoms. The third-order valence-corrected chi connectivity index (χ3v) is 4.38. The highest BCUT2D eigenvalue weighted by Gasteiger charge is 2.10. The first-order valence-corrected chi connectivity index (χ1v) is 10.1. The molecular formula is C22H27N3O3S. The molecule has 0 aliphatic carbocycles. The molecule has 0 atom stereocenters. The van der Waals surface area contributed by atoms with E-state index in [0.29, 0.717) is 35.7 Å². The molecule has 2 rings (SSSR count). The number of unbranched alkanes of at least 4 members (excludes halogenated alkanes) is 1. The van der Waals surface area contributed by atoms with Gasteiger partial charge < -0.3 is 15.4 Å². The lowest BCUT2D eigenvalue weighted by atomic mass is 10.1. The van der Waals surface area contributed by atoms with Crippen LogP contribution in [0, 0.1) is 6.92 Å². The summed E-state index contributed by atoms with van der Waals surface area (Å²) in [4.78, 5) is 24.1. The molecule has 0 aromatic heterocycles. The lowest BCUT2D eigenvalue weighted by Crippen LogP contribution is -2.34. The third kappa shape index (κ3) is 7.19. The first-order chi connectivity index (χ1) is 13.9. The van der Waals surface area contributed by atoms with Gasteiger partial charge in [0, 0.05) is 23.4 Å². The van der Waals surface area contributed by atoms with Crippen LogP contribution < -0.4 is 20.7 Å². The Hall–Kier alpha value is -2.93. The van der Waals surface area contributed by atoms with Crippen LogP contribution in [0.3, 0.4) is 0 Å². The normalized spacial score (nSPS) is 10.2. The number of rotatable bonds is 8. The number of carbonyl (C=O) groups is 2. The maximum Gasteiger partial charge on any atom is 0.257 e. The zero-order chi connectivity index (χ0) is 21.2. The van der Waals surface area contributed by atoms with Gasteiger partial charge in [-0.05, 0) is 61.5 Å². The van der Waals surface area contributed by atoms with E-state index in [0.717, 1.165) is 18.4 Å². The molecule has 2 amide bonds. The number of amides is 2. The van der Waals surface area contributed by atoms with E-state index < -0.39 is 0 Å². The summed E-state index contributed by atoms with van der Waals surface area (Å²) in [5.41, 5.74) is 2.77. The van der Waals surface area contributed by atoms with Crippen molar-refractivity contribution in [1.82, 2.24) is 5.32 Å². The standard InChI is InChI=1S/C22H27N3O3S/c1-4-6-12-28-18-9-7-8-16(13-18)21(27)25-22(29)23-17-11-10-15(3)19(14-17)24-20(26)5-2/h7-11,13-14H,4-6,12H2,1-3H3,(H,24,26)(H2,23,25,27,29). The largest absolute Gasteiger partial charge is 0.494 e. The SMILES string of the molecule is CCCCOc1cccc(C(=O)NC(=S)Nc2ccc(C)c(NC(=O)CC)c2)c1. The van der Waals surface area contributed by atoms with Gasteiger partial charge in [0.15, 0.2) is 5.11 Å². The van der Waals surface area contributed by atoms with Gasteiger partial charge >= 0.3 is 0 Å². The van der Waals surface area contributed by atoms with Crippen molar-refractivity contribution >= 4 is 40.5 Å². The Bertz CT molecular complexity index is 883. The van der Waals surface area contributed by atoms with Gasteiger partial charge in [0.2, 0.25) is 5.91 Å². The van der Waals surface area contributed by atoms with Gasteiger partial charge in [-0.3, -0.25) is 14.9 Å². The predicted octanol–water partition coefficient (Wildman–Crippen LogP) is 4.65. The summed E-state index contributed by atoms with van der Waals surface area (Å²) in [6.07, 6.45) is 2.40. The van der Waals surface area contributed by atoms with Crippen molar-refractivity contribution in [2.24, 2.45) is 0 Å². The van der Waals surface area contributed by atoms with E-state index >= 15 is 0 Å². The van der Waals surface area contributed by atoms with Crippen molar-refractivity contribution < 1.29 is 14.3 Å². The third-order valence-electron chi connectivity index (χ3n) is 4.18. The molecule has 154 valence electrons. The molecule has 29 heavy (non-hydrogen) atoms. The molecule has 0 bridgehead atoms. The van der Waals surface area contributed by atoms with Crippen molar-refractivity contribution in [2.45, 2.75) is 40.0 Å². The Morgan fingerprint density at radius 2 is 1.86 bits per heavy atom. The molecule has 0 heterocycles. The quantitative estimate of drug-likeness (QED) is 0.434. The molecule has 0 aliphatic heterocycles. The second-order valence-electron chi connectivity index (χ2n) is 6.57. The Morgan fingerprint density at radius 1 is 1.07 bits per heavy atom. The van der Waals surface area contributed by atoms with E-state index in [4.69, 9.17) is 17.0 Å². The van der Waals surface area contributed by atoms with E-state index in [1.54, 1.807) is 31.2 Å². The van der Waals surface area contributed by atoms with E-state index in [-0.39, 0.29) is 16.9 Å². The van der Waals surface area contributed by atoms with Crippen molar-refractivity contribution in [3.05, 3.63) is 53.6 Å². The Labute approximate surface area is 177 Å². The summed E-state index contributed by atoms with van der Waals surface area (Å²) < 4.78 is 5.64. The Balaban J connectivity index is 1.98. The summed E-state index contributed by atoms with van der Waals surface area (Å²) in [5.74, 6) is 0.261. The molecule has 7 heteroatoms. The lowest BCUT2D eigenvalue weighted by molar-refractivity contribution is -0.115. The molecule has 2 aromatic rings. The molecule has 0 aliphatic rings. The molecule has 3 N–H and O–H groups in total. The van der Waals surface area contributed by atoms with Gasteiger partial charge in [-0.2, -0.15) is 0 Å². The highest BCUT2D eigenvalue weighted by Crippen LogP contribution is 2.20. The molecule has 0 radical (unpaired) electrons. The van der Waals surface area contributed by atoms with Crippen LogP contribution in [-0.2, 0) is 4.79 Å². The minimum atomic E-state index is -0.324. The highest BCUT2D eigenvalue weighted by molar-refractivity contribution is 7.80. The Morgan fingerprint density at radius 3 is 2.59 bits per heavy atom. The molecule has 0 saturated heterocycles. The van der Waals surface area contributed by atoms with Gasteiger partial charge in [-0.1, -0.05) is 32.4 Å². The summed E-state index contributed by atoms with van der Waals surface area (Å²) >= 11 is 5.26. The second-order valence-corrected chi connectivity index (χ2v) is 6.98. The number of ether oxygens (including phenoxy) is 1. The fourth-order valence-electron chi connectivity index (χ4n) is 2.47. The van der Waals surface area contributed by atoms with Gasteiger partial charge in [0.25, 0.3) is 5.91 Å². The fourth-order valence-corrected chi connectivity index (χ4v) is 2.68. The molecule has 6 nitrogen and oxygen atoms in total. The maximum atomic E-state index is 12.5. The average Bonchev–Trinajstić information content (AvgIpc) is 2.70. The molecule has 0 unspecified atom stereocenters. The maximum absolute atomic E-state index is 12.5. The van der Waals surface area contributed by atoms with E-state index in [1.165, 1.54) is 0 Å². The number of hydrogen-bond acceptors (Lipinski definition) is 4. The number of thiocarbonyl (C=S) groups is 1. The van der Waals surface area contributed by atoms with E-state index in [9.17, 15) is 9.59 Å². The van der Waals surface area contributed by atoms with Crippen LogP contribution in [0.25, 0.3) is 0 Å². The van der Waals surface area contributed by atoms with Crippen LogP contribution >= 0.6 is 12.2 Å². The monoisotopic (exact) mass is 413 g/mol. The summed E-state index contributed by atoms with van der Waals surface area (Å²) in [5, 5.41) is 8.65. The van der Waals surface area contributed by atoms with Crippen LogP contribution in [0.15, 0.2) is 42.5 Å². The molecule has 0 fully saturated rings. The molecular weight excluding hydrogens is 386 g/mol. The Kier molecular flexibility index (Phi) is 8.61. The van der Waals surface area contributed by atoms with Crippen LogP contribution in [0.4, 0.5) is 11.4 Å². The van der Waals surface area contributed by atoms with E-state index in [2.05, 4.69) is 22.9 Å². The van der Waals surface area contributed by atoms with Crippen molar-refractivity contribution in [3.63, 3.8) is 0 Å². The highest BCUT2D eigenvalue weighted by atomic mass is 32.1. The first kappa shape index (κ1) is 22.4. The van der Waals surface area contributed by atoms with Crippen LogP contribution in [0.1, 0.15) is 49.0 Å². The predicted molar refractivity (Wildman–Crippen MR) is 121 cm³/mol. The number of benzene rings is 2. The lowest BCUT2D eigenvalue weighted by Gasteiger charge is -2.13. The van der Waals surface area contributed by atoms with Crippen LogP contribution in [0.5, 0.6) is 5.75 Å². The van der Waals surface area contributed by atoms with Gasteiger partial charge in [-0.15, -0.1) is 0 Å².